The van der Waals surface area contributed by atoms with Crippen molar-refractivity contribution < 1.29 is 17.9 Å². The fourth-order valence-corrected chi connectivity index (χ4v) is 2.89. The lowest BCUT2D eigenvalue weighted by Crippen LogP contribution is -2.35. The van der Waals surface area contributed by atoms with Crippen molar-refractivity contribution in [2.75, 3.05) is 6.61 Å². The summed E-state index contributed by atoms with van der Waals surface area (Å²) < 4.78 is 47.0. The molecule has 1 saturated carbocycles. The summed E-state index contributed by atoms with van der Waals surface area (Å²) in [6, 6.07) is 5.01. The Morgan fingerprint density at radius 2 is 2.10 bits per heavy atom. The van der Waals surface area contributed by atoms with Gasteiger partial charge < -0.3 is 9.30 Å². The molecule has 1 aromatic heterocycles. The fourth-order valence-electron chi connectivity index (χ4n) is 2.71. The molecule has 21 heavy (non-hydrogen) atoms. The van der Waals surface area contributed by atoms with Gasteiger partial charge in [0.15, 0.2) is 0 Å². The van der Waals surface area contributed by atoms with E-state index in [1.807, 2.05) is 6.92 Å². The maximum atomic E-state index is 13.4. The van der Waals surface area contributed by atoms with Crippen LogP contribution in [0.2, 0.25) is 0 Å². The second-order valence-corrected chi connectivity index (χ2v) is 5.35. The molecule has 1 heterocycles. The molecule has 2 aromatic rings. The predicted octanol–water partition coefficient (Wildman–Crippen LogP) is 4.23. The Labute approximate surface area is 124 Å². The number of aromatic nitrogens is 2. The highest BCUT2D eigenvalue weighted by molar-refractivity contribution is 6.17. The monoisotopic (exact) mass is 318 g/mol. The molecule has 0 aliphatic heterocycles. The van der Waals surface area contributed by atoms with E-state index < -0.39 is 11.7 Å². The maximum Gasteiger partial charge on any atom is 0.412 e. The zero-order valence-corrected chi connectivity index (χ0v) is 12.1. The maximum absolute atomic E-state index is 13.4. The van der Waals surface area contributed by atoms with Gasteiger partial charge in [0.05, 0.1) is 18.0 Å². The van der Waals surface area contributed by atoms with Crippen LogP contribution in [-0.2, 0) is 11.4 Å². The first-order chi connectivity index (χ1) is 9.94. The Bertz CT molecular complexity index is 677. The van der Waals surface area contributed by atoms with E-state index >= 15 is 0 Å². The lowest BCUT2D eigenvalue weighted by Gasteiger charge is -2.23. The molecule has 114 valence electrons. The molecule has 0 radical (unpaired) electrons. The van der Waals surface area contributed by atoms with E-state index in [4.69, 9.17) is 16.3 Å². The summed E-state index contributed by atoms with van der Waals surface area (Å²) in [7, 11) is 0. The molecule has 1 aliphatic carbocycles. The van der Waals surface area contributed by atoms with Crippen molar-refractivity contribution in [2.24, 2.45) is 0 Å². The van der Waals surface area contributed by atoms with Gasteiger partial charge in [-0.05, 0) is 31.9 Å². The molecule has 7 heteroatoms. The minimum atomic E-state index is -4.32. The number of fused-ring (bicyclic) bond motifs is 1. The van der Waals surface area contributed by atoms with Gasteiger partial charge in [0.25, 0.3) is 0 Å². The third-order valence-electron chi connectivity index (χ3n) is 3.82. The summed E-state index contributed by atoms with van der Waals surface area (Å²) in [5.74, 6) is 0.643. The first-order valence-electron chi connectivity index (χ1n) is 6.71. The number of hydrogen-bond donors (Lipinski definition) is 0. The van der Waals surface area contributed by atoms with E-state index in [2.05, 4.69) is 4.98 Å². The predicted molar refractivity (Wildman–Crippen MR) is 73.7 cm³/mol. The van der Waals surface area contributed by atoms with E-state index in [1.165, 1.54) is 4.57 Å². The van der Waals surface area contributed by atoms with Crippen LogP contribution in [0.25, 0.3) is 11.0 Å². The van der Waals surface area contributed by atoms with Gasteiger partial charge in [-0.25, -0.2) is 4.98 Å². The molecule has 0 saturated heterocycles. The topological polar surface area (TPSA) is 27.1 Å². The number of halogens is 4. The highest BCUT2D eigenvalue weighted by Gasteiger charge is 2.65. The third-order valence-corrected chi connectivity index (χ3v) is 4.06. The van der Waals surface area contributed by atoms with Crippen molar-refractivity contribution in [3.8, 4) is 5.75 Å². The molecular weight excluding hydrogens is 305 g/mol. The minimum Gasteiger partial charge on any atom is -0.492 e. The second kappa shape index (κ2) is 4.80. The molecule has 3 rings (SSSR count). The van der Waals surface area contributed by atoms with Gasteiger partial charge in [0.2, 0.25) is 0 Å². The molecule has 0 atom stereocenters. The minimum absolute atomic E-state index is 0.0602. The Balaban J connectivity index is 2.25. The summed E-state index contributed by atoms with van der Waals surface area (Å²) in [6.45, 7) is 2.24. The highest BCUT2D eigenvalue weighted by atomic mass is 35.5. The molecule has 0 spiro atoms. The Kier molecular flexibility index (Phi) is 3.31. The van der Waals surface area contributed by atoms with E-state index in [0.717, 1.165) is 0 Å². The van der Waals surface area contributed by atoms with Crippen molar-refractivity contribution in [1.82, 2.24) is 9.55 Å². The first-order valence-corrected chi connectivity index (χ1v) is 7.24. The second-order valence-electron chi connectivity index (χ2n) is 5.08. The number of nitrogens with zero attached hydrogens (tertiary/aromatic N) is 2. The molecule has 1 aromatic carbocycles. The van der Waals surface area contributed by atoms with Gasteiger partial charge in [0, 0.05) is 0 Å². The number of benzene rings is 1. The fraction of sp³-hybridized carbons (Fsp3) is 0.500. The molecule has 1 aliphatic rings. The van der Waals surface area contributed by atoms with Crippen molar-refractivity contribution in [3.63, 3.8) is 0 Å². The molecular formula is C14H14ClF3N2O. The van der Waals surface area contributed by atoms with Crippen LogP contribution in [0.1, 0.15) is 25.6 Å². The van der Waals surface area contributed by atoms with Gasteiger partial charge in [-0.2, -0.15) is 13.2 Å². The van der Waals surface area contributed by atoms with Gasteiger partial charge in [-0.3, -0.25) is 0 Å². The Hall–Kier alpha value is -1.43. The molecule has 0 unspecified atom stereocenters. The summed E-state index contributed by atoms with van der Waals surface area (Å²) in [5, 5.41) is 0. The van der Waals surface area contributed by atoms with Crippen LogP contribution < -0.4 is 4.74 Å². The van der Waals surface area contributed by atoms with Crippen LogP contribution >= 0.6 is 11.6 Å². The molecule has 3 nitrogen and oxygen atoms in total. The van der Waals surface area contributed by atoms with E-state index in [9.17, 15) is 13.2 Å². The average molecular weight is 319 g/mol. The van der Waals surface area contributed by atoms with Crippen LogP contribution in [0.5, 0.6) is 5.75 Å². The van der Waals surface area contributed by atoms with Crippen molar-refractivity contribution >= 4 is 22.6 Å². The van der Waals surface area contributed by atoms with Crippen LogP contribution in [0.15, 0.2) is 18.2 Å². The zero-order chi connectivity index (χ0) is 15.3. The number of alkyl halides is 4. The average Bonchev–Trinajstić information content (AvgIpc) is 3.15. The van der Waals surface area contributed by atoms with Crippen LogP contribution in [0.4, 0.5) is 13.2 Å². The smallest absolute Gasteiger partial charge is 0.412 e. The standard InChI is InChI=1S/C14H14ClF3N2O/c1-2-21-10-5-3-4-9-12(10)19-11(8-15)20(9)13(6-7-13)14(16,17)18/h3-5H,2,6-8H2,1H3. The molecule has 1 fully saturated rings. The van der Waals surface area contributed by atoms with E-state index in [1.54, 1.807) is 18.2 Å². The summed E-state index contributed by atoms with van der Waals surface area (Å²) in [5.41, 5.74) is -1.01. The zero-order valence-electron chi connectivity index (χ0n) is 11.4. The lowest BCUT2D eigenvalue weighted by atomic mass is 10.2. The number of para-hydroxylation sites is 1. The van der Waals surface area contributed by atoms with Gasteiger partial charge in [0.1, 0.15) is 22.6 Å². The van der Waals surface area contributed by atoms with Crippen molar-refractivity contribution in [1.29, 1.82) is 0 Å². The van der Waals surface area contributed by atoms with Gasteiger partial charge in [-0.1, -0.05) is 6.07 Å². The third kappa shape index (κ3) is 2.08. The number of imidazole rings is 1. The quantitative estimate of drug-likeness (QED) is 0.789. The SMILES string of the molecule is CCOc1cccc2c1nc(CCl)n2C1(C(F)(F)F)CC1. The lowest BCUT2D eigenvalue weighted by molar-refractivity contribution is -0.179. The van der Waals surface area contributed by atoms with E-state index in [-0.39, 0.29) is 24.5 Å². The largest absolute Gasteiger partial charge is 0.492 e. The first kappa shape index (κ1) is 14.5. The van der Waals surface area contributed by atoms with Gasteiger partial charge >= 0.3 is 6.18 Å². The van der Waals surface area contributed by atoms with Crippen LogP contribution in [-0.4, -0.2) is 22.3 Å². The Morgan fingerprint density at radius 1 is 1.38 bits per heavy atom. The Morgan fingerprint density at radius 3 is 2.62 bits per heavy atom. The van der Waals surface area contributed by atoms with E-state index in [0.29, 0.717) is 23.4 Å². The van der Waals surface area contributed by atoms with Crippen LogP contribution in [0.3, 0.4) is 0 Å². The van der Waals surface area contributed by atoms with Gasteiger partial charge in [-0.15, -0.1) is 11.6 Å². The highest BCUT2D eigenvalue weighted by Crippen LogP contribution is 2.57. The van der Waals surface area contributed by atoms with Crippen LogP contribution in [0, 0.1) is 0 Å². The number of ether oxygens (including phenoxy) is 1. The molecule has 0 amide bonds. The van der Waals surface area contributed by atoms with Crippen molar-refractivity contribution in [3.05, 3.63) is 24.0 Å². The number of hydrogen-bond acceptors (Lipinski definition) is 2. The van der Waals surface area contributed by atoms with Crippen molar-refractivity contribution in [2.45, 2.75) is 37.4 Å². The summed E-state index contributed by atoms with van der Waals surface area (Å²) in [4.78, 5) is 4.28. The molecule has 0 N–H and O–H groups in total. The summed E-state index contributed by atoms with van der Waals surface area (Å²) in [6.07, 6.45) is -4.20. The normalized spacial score (nSPS) is 17.2. The summed E-state index contributed by atoms with van der Waals surface area (Å²) >= 11 is 5.83. The number of rotatable bonds is 4. The molecule has 0 bridgehead atoms.